The first-order chi connectivity index (χ1) is 18.8. The van der Waals surface area contributed by atoms with E-state index in [1.807, 2.05) is 12.1 Å². The minimum atomic E-state index is -0.907. The third-order valence-electron chi connectivity index (χ3n) is 7.47. The van der Waals surface area contributed by atoms with Crippen LogP contribution in [0.25, 0.3) is 16.6 Å². The zero-order valence-corrected chi connectivity index (χ0v) is 21.9. The third-order valence-corrected chi connectivity index (χ3v) is 7.47. The van der Waals surface area contributed by atoms with Crippen molar-refractivity contribution in [2.75, 3.05) is 26.0 Å². The van der Waals surface area contributed by atoms with Crippen LogP contribution in [-0.4, -0.2) is 67.5 Å². The number of hydrogen-bond acceptors (Lipinski definition) is 8. The summed E-state index contributed by atoms with van der Waals surface area (Å²) in [5.74, 6) is -0.953. The average Bonchev–Trinajstić information content (AvgIpc) is 3.42. The normalized spacial score (nSPS) is 19.5. The van der Waals surface area contributed by atoms with Crippen LogP contribution in [0.1, 0.15) is 37.1 Å². The predicted octanol–water partition coefficient (Wildman–Crippen LogP) is 3.56. The van der Waals surface area contributed by atoms with Crippen molar-refractivity contribution in [1.82, 2.24) is 30.0 Å². The van der Waals surface area contributed by atoms with Gasteiger partial charge in [0.1, 0.15) is 11.6 Å². The van der Waals surface area contributed by atoms with E-state index in [2.05, 4.69) is 39.7 Å². The smallest absolute Gasteiger partial charge is 0.317 e. The molecule has 204 valence electrons. The first-order valence-electron chi connectivity index (χ1n) is 12.9. The minimum absolute atomic E-state index is 0.148. The molecule has 4 N–H and O–H groups in total. The van der Waals surface area contributed by atoms with Crippen molar-refractivity contribution in [3.8, 4) is 5.69 Å². The standard InChI is InChI=1S/C28H32FN7O3/c1-35(2)20-7-10-28(11-8-20,31-16-27(38)39)25-6-3-18-15-30-26(14-24(18)32-25)33-23-5-4-21(13-22(23)29)36-12-9-19(17-37)34-36/h3-6,9,12-15,20,31,37H,7-8,10-11,16-17H2,1-2H3,(H,30,33)(H,38,39). The lowest BCUT2D eigenvalue weighted by Gasteiger charge is -2.42. The van der Waals surface area contributed by atoms with Crippen LogP contribution in [0.4, 0.5) is 15.9 Å². The van der Waals surface area contributed by atoms with Gasteiger partial charge in [0, 0.05) is 36.0 Å². The number of aliphatic hydroxyl groups excluding tert-OH is 1. The lowest BCUT2D eigenvalue weighted by atomic mass is 9.76. The maximum atomic E-state index is 15.0. The topological polar surface area (TPSA) is 128 Å². The van der Waals surface area contributed by atoms with Gasteiger partial charge in [-0.25, -0.2) is 14.1 Å². The van der Waals surface area contributed by atoms with Crippen LogP contribution in [0.15, 0.2) is 54.9 Å². The molecule has 1 saturated carbocycles. The van der Waals surface area contributed by atoms with E-state index >= 15 is 0 Å². The fourth-order valence-electron chi connectivity index (χ4n) is 5.21. The lowest BCUT2D eigenvalue weighted by molar-refractivity contribution is -0.136. The molecule has 1 aliphatic rings. The van der Waals surface area contributed by atoms with Crippen molar-refractivity contribution < 1.29 is 19.4 Å². The number of carboxylic acids is 1. The highest BCUT2D eigenvalue weighted by atomic mass is 19.1. The highest BCUT2D eigenvalue weighted by Crippen LogP contribution is 2.38. The van der Waals surface area contributed by atoms with Gasteiger partial charge in [-0.3, -0.25) is 15.1 Å². The minimum Gasteiger partial charge on any atom is -0.480 e. The molecule has 0 amide bonds. The molecule has 0 saturated heterocycles. The van der Waals surface area contributed by atoms with Crippen molar-refractivity contribution in [1.29, 1.82) is 0 Å². The Kier molecular flexibility index (Phi) is 7.56. The van der Waals surface area contributed by atoms with E-state index in [9.17, 15) is 19.4 Å². The molecular weight excluding hydrogens is 501 g/mol. The number of rotatable bonds is 9. The number of halogens is 1. The van der Waals surface area contributed by atoms with Crippen LogP contribution in [0.5, 0.6) is 0 Å². The third kappa shape index (κ3) is 5.75. The van der Waals surface area contributed by atoms with E-state index in [4.69, 9.17) is 4.98 Å². The number of fused-ring (bicyclic) bond motifs is 1. The van der Waals surface area contributed by atoms with Crippen LogP contribution in [-0.2, 0) is 16.9 Å². The average molecular weight is 534 g/mol. The zero-order chi connectivity index (χ0) is 27.6. The van der Waals surface area contributed by atoms with Gasteiger partial charge in [-0.2, -0.15) is 5.10 Å². The molecule has 0 radical (unpaired) electrons. The van der Waals surface area contributed by atoms with Gasteiger partial charge in [-0.1, -0.05) is 0 Å². The summed E-state index contributed by atoms with van der Waals surface area (Å²) >= 11 is 0. The first-order valence-corrected chi connectivity index (χ1v) is 12.9. The summed E-state index contributed by atoms with van der Waals surface area (Å²) in [6.07, 6.45) is 6.74. The molecule has 1 aliphatic carbocycles. The maximum absolute atomic E-state index is 15.0. The summed E-state index contributed by atoms with van der Waals surface area (Å²) in [5, 5.41) is 29.9. The molecule has 0 spiro atoms. The number of aliphatic carboxylic acids is 1. The summed E-state index contributed by atoms with van der Waals surface area (Å²) < 4.78 is 16.5. The van der Waals surface area contributed by atoms with E-state index in [1.54, 1.807) is 36.7 Å². The molecule has 10 nitrogen and oxygen atoms in total. The summed E-state index contributed by atoms with van der Waals surface area (Å²) in [6, 6.07) is 12.4. The Morgan fingerprint density at radius 3 is 2.64 bits per heavy atom. The number of carboxylic acid groups (broad SMARTS) is 1. The van der Waals surface area contributed by atoms with Crippen molar-refractivity contribution in [3.63, 3.8) is 0 Å². The molecule has 11 heteroatoms. The van der Waals surface area contributed by atoms with E-state index in [1.165, 1.54) is 10.7 Å². The second-order valence-electron chi connectivity index (χ2n) is 10.2. The molecule has 0 atom stereocenters. The molecule has 0 aliphatic heterocycles. The van der Waals surface area contributed by atoms with Crippen LogP contribution < -0.4 is 10.6 Å². The highest BCUT2D eigenvalue weighted by Gasteiger charge is 2.38. The molecule has 3 heterocycles. The SMILES string of the molecule is CN(C)C1CCC(NCC(=O)O)(c2ccc3cnc(Nc4ccc(-n5ccc(CO)n5)cc4F)cc3n2)CC1. The zero-order valence-electron chi connectivity index (χ0n) is 21.9. The van der Waals surface area contributed by atoms with Gasteiger partial charge >= 0.3 is 5.97 Å². The number of aromatic nitrogens is 4. The van der Waals surface area contributed by atoms with Gasteiger partial charge in [0.05, 0.1) is 47.0 Å². The quantitative estimate of drug-likeness (QED) is 0.255. The van der Waals surface area contributed by atoms with Crippen LogP contribution in [0.3, 0.4) is 0 Å². The Morgan fingerprint density at radius 1 is 1.18 bits per heavy atom. The van der Waals surface area contributed by atoms with E-state index in [0.29, 0.717) is 28.8 Å². The lowest BCUT2D eigenvalue weighted by Crippen LogP contribution is -2.50. The summed E-state index contributed by atoms with van der Waals surface area (Å²) in [4.78, 5) is 23.0. The molecule has 4 aromatic rings. The molecule has 1 fully saturated rings. The molecule has 3 aromatic heterocycles. The van der Waals surface area contributed by atoms with Gasteiger partial charge < -0.3 is 20.4 Å². The number of pyridine rings is 2. The Balaban J connectivity index is 1.40. The molecule has 1 aromatic carbocycles. The molecule has 0 bridgehead atoms. The number of carbonyl (C=O) groups is 1. The number of nitrogens with zero attached hydrogens (tertiary/aromatic N) is 5. The fraction of sp³-hybridized carbons (Fsp3) is 0.357. The van der Waals surface area contributed by atoms with Crippen molar-refractivity contribution in [2.24, 2.45) is 0 Å². The van der Waals surface area contributed by atoms with Crippen LogP contribution in [0, 0.1) is 5.82 Å². The van der Waals surface area contributed by atoms with E-state index in [-0.39, 0.29) is 18.8 Å². The van der Waals surface area contributed by atoms with Crippen molar-refractivity contribution in [3.05, 3.63) is 72.1 Å². The van der Waals surface area contributed by atoms with Gasteiger partial charge in [0.25, 0.3) is 0 Å². The first kappa shape index (κ1) is 26.7. The van der Waals surface area contributed by atoms with Gasteiger partial charge in [-0.05, 0) is 70.1 Å². The Morgan fingerprint density at radius 2 is 1.97 bits per heavy atom. The number of nitrogens with one attached hydrogen (secondary N) is 2. The number of benzene rings is 1. The van der Waals surface area contributed by atoms with Crippen LogP contribution >= 0.6 is 0 Å². The predicted molar refractivity (Wildman–Crippen MR) is 146 cm³/mol. The molecule has 0 unspecified atom stereocenters. The van der Waals surface area contributed by atoms with Crippen LogP contribution in [0.2, 0.25) is 0 Å². The number of hydrogen-bond donors (Lipinski definition) is 4. The number of aliphatic hydroxyl groups is 1. The second kappa shape index (κ2) is 11.0. The van der Waals surface area contributed by atoms with Gasteiger partial charge in [0.2, 0.25) is 0 Å². The Bertz CT molecular complexity index is 1480. The van der Waals surface area contributed by atoms with E-state index in [0.717, 1.165) is 36.8 Å². The van der Waals surface area contributed by atoms with Crippen molar-refractivity contribution >= 4 is 28.4 Å². The van der Waals surface area contributed by atoms with E-state index < -0.39 is 17.3 Å². The largest absolute Gasteiger partial charge is 0.480 e. The Labute approximate surface area is 225 Å². The summed E-state index contributed by atoms with van der Waals surface area (Å²) in [5.41, 5.74) is 2.20. The number of anilines is 2. The fourth-order valence-corrected chi connectivity index (χ4v) is 5.21. The van der Waals surface area contributed by atoms with Gasteiger partial charge in [-0.15, -0.1) is 0 Å². The molecular formula is C28H32FN7O3. The Hall–Kier alpha value is -3.93. The summed E-state index contributed by atoms with van der Waals surface area (Å²) in [6.45, 7) is -0.337. The highest BCUT2D eigenvalue weighted by molar-refractivity contribution is 5.81. The molecule has 39 heavy (non-hydrogen) atoms. The molecule has 5 rings (SSSR count). The second-order valence-corrected chi connectivity index (χ2v) is 10.2. The maximum Gasteiger partial charge on any atom is 0.317 e. The summed E-state index contributed by atoms with van der Waals surface area (Å²) in [7, 11) is 4.14. The van der Waals surface area contributed by atoms with Crippen molar-refractivity contribution in [2.45, 2.75) is 43.9 Å². The van der Waals surface area contributed by atoms with Gasteiger partial charge in [0.15, 0.2) is 0 Å². The monoisotopic (exact) mass is 533 g/mol.